The smallest absolute Gasteiger partial charge is 0.475 e. The Labute approximate surface area is 157 Å². The molecule has 27 heavy (non-hydrogen) atoms. The monoisotopic (exact) mass is 406 g/mol. The third-order valence-electron chi connectivity index (χ3n) is 4.89. The highest BCUT2D eigenvalue weighted by atomic mass is 32.2. The number of likely N-dealkylation sites (N-methyl/N-ethyl adjacent to an activating group) is 1. The van der Waals surface area contributed by atoms with Crippen molar-refractivity contribution in [2.24, 2.45) is 0 Å². The summed E-state index contributed by atoms with van der Waals surface area (Å²) >= 11 is 0. The number of piperazine rings is 1. The molecule has 1 fully saturated rings. The largest absolute Gasteiger partial charge is 0.485 e. The summed E-state index contributed by atoms with van der Waals surface area (Å²) in [6.45, 7) is 4.33. The highest BCUT2D eigenvalue weighted by Crippen LogP contribution is 2.44. The van der Waals surface area contributed by atoms with Crippen LogP contribution in [-0.4, -0.2) is 68.9 Å². The number of alkyl halides is 3. The second-order valence-corrected chi connectivity index (χ2v) is 8.81. The van der Waals surface area contributed by atoms with Crippen LogP contribution in [0.15, 0.2) is 23.1 Å². The second kappa shape index (κ2) is 6.75. The number of aliphatic hydroxyl groups excluding tert-OH is 1. The van der Waals surface area contributed by atoms with Gasteiger partial charge in [0.05, 0.1) is 12.6 Å². The summed E-state index contributed by atoms with van der Waals surface area (Å²) < 4.78 is 56.1. The SMILES string of the molecule is CN1CCN([C@H]2c3cc(S(=O)C(F)(F)F)ccc3OC(C)(C)[C@@H]2O)C(=O)C1. The number of carbonyl (C=O) groups is 1. The first kappa shape index (κ1) is 20.1. The second-order valence-electron chi connectivity index (χ2n) is 7.33. The Balaban J connectivity index is 2.08. The van der Waals surface area contributed by atoms with Crippen LogP contribution in [0.25, 0.3) is 0 Å². The molecule has 1 saturated heterocycles. The number of hydrogen-bond acceptors (Lipinski definition) is 5. The molecule has 6 nitrogen and oxygen atoms in total. The van der Waals surface area contributed by atoms with Gasteiger partial charge >= 0.3 is 5.51 Å². The number of amides is 1. The molecular weight excluding hydrogens is 385 g/mol. The van der Waals surface area contributed by atoms with Gasteiger partial charge in [0.15, 0.2) is 10.8 Å². The van der Waals surface area contributed by atoms with Crippen molar-refractivity contribution in [1.29, 1.82) is 0 Å². The van der Waals surface area contributed by atoms with Crippen molar-refractivity contribution < 1.29 is 32.0 Å². The van der Waals surface area contributed by atoms with Crippen LogP contribution in [0.1, 0.15) is 25.5 Å². The molecule has 2 aliphatic rings. The van der Waals surface area contributed by atoms with Gasteiger partial charge in [-0.2, -0.15) is 13.2 Å². The fourth-order valence-electron chi connectivity index (χ4n) is 3.43. The topological polar surface area (TPSA) is 70.1 Å². The first-order valence-corrected chi connectivity index (χ1v) is 9.54. The molecule has 0 spiro atoms. The third kappa shape index (κ3) is 3.70. The molecule has 0 aromatic heterocycles. The van der Waals surface area contributed by atoms with E-state index in [1.54, 1.807) is 20.9 Å². The highest BCUT2D eigenvalue weighted by molar-refractivity contribution is 7.86. The van der Waals surface area contributed by atoms with E-state index in [1.807, 2.05) is 4.90 Å². The number of benzene rings is 1. The van der Waals surface area contributed by atoms with E-state index in [0.29, 0.717) is 13.1 Å². The molecular formula is C17H21F3N2O4S. The predicted octanol–water partition coefficient (Wildman–Crippen LogP) is 1.66. The number of nitrogens with zero attached hydrogens (tertiary/aromatic N) is 2. The van der Waals surface area contributed by atoms with Gasteiger partial charge in [-0.15, -0.1) is 0 Å². The predicted molar refractivity (Wildman–Crippen MR) is 91.6 cm³/mol. The van der Waals surface area contributed by atoms with Crippen LogP contribution in [0.2, 0.25) is 0 Å². The van der Waals surface area contributed by atoms with E-state index < -0.39 is 39.0 Å². The molecule has 0 aliphatic carbocycles. The Kier molecular flexibility index (Phi) is 5.02. The van der Waals surface area contributed by atoms with Crippen LogP contribution in [0, 0.1) is 0 Å². The lowest BCUT2D eigenvalue weighted by Gasteiger charge is -2.48. The molecule has 1 unspecified atom stereocenters. The molecule has 3 atom stereocenters. The van der Waals surface area contributed by atoms with Crippen molar-refractivity contribution in [3.05, 3.63) is 23.8 Å². The summed E-state index contributed by atoms with van der Waals surface area (Å²) in [6, 6.07) is 2.65. The summed E-state index contributed by atoms with van der Waals surface area (Å²) in [7, 11) is -1.42. The zero-order chi connectivity index (χ0) is 20.1. The summed E-state index contributed by atoms with van der Waals surface area (Å²) in [5.41, 5.74) is -5.72. The molecule has 150 valence electrons. The van der Waals surface area contributed by atoms with Gasteiger partial charge in [-0.05, 0) is 39.1 Å². The van der Waals surface area contributed by atoms with E-state index in [9.17, 15) is 27.3 Å². The number of rotatable bonds is 2. The van der Waals surface area contributed by atoms with E-state index in [1.165, 1.54) is 11.0 Å². The van der Waals surface area contributed by atoms with Gasteiger partial charge in [0.2, 0.25) is 5.91 Å². The first-order valence-electron chi connectivity index (χ1n) is 8.39. The molecule has 0 saturated carbocycles. The zero-order valence-corrected chi connectivity index (χ0v) is 15.9. The van der Waals surface area contributed by atoms with Gasteiger partial charge in [-0.1, -0.05) is 0 Å². The van der Waals surface area contributed by atoms with E-state index in [4.69, 9.17) is 4.74 Å². The molecule has 2 heterocycles. The average Bonchev–Trinajstić information content (AvgIpc) is 2.55. The minimum Gasteiger partial charge on any atom is -0.485 e. The van der Waals surface area contributed by atoms with Gasteiger partial charge in [0, 0.05) is 23.5 Å². The number of ether oxygens (including phenoxy) is 1. The maximum absolute atomic E-state index is 12.9. The molecule has 1 N–H and O–H groups in total. The van der Waals surface area contributed by atoms with Crippen molar-refractivity contribution in [2.45, 2.75) is 42.0 Å². The molecule has 1 aromatic rings. The Hall–Kier alpha value is -1.65. The molecule has 10 heteroatoms. The number of hydrogen-bond donors (Lipinski definition) is 1. The lowest BCUT2D eigenvalue weighted by molar-refractivity contribution is -0.149. The van der Waals surface area contributed by atoms with Crippen LogP contribution >= 0.6 is 0 Å². The van der Waals surface area contributed by atoms with E-state index in [-0.39, 0.29) is 23.8 Å². The fraction of sp³-hybridized carbons (Fsp3) is 0.588. The Bertz CT molecular complexity index is 784. The summed E-state index contributed by atoms with van der Waals surface area (Å²) in [5.74, 6) is 0.0312. The van der Waals surface area contributed by atoms with Crippen molar-refractivity contribution in [1.82, 2.24) is 9.80 Å². The van der Waals surface area contributed by atoms with Gasteiger partial charge in [-0.3, -0.25) is 9.69 Å². The van der Waals surface area contributed by atoms with Crippen LogP contribution in [0.4, 0.5) is 13.2 Å². The number of aliphatic hydroxyl groups is 1. The number of carbonyl (C=O) groups excluding carboxylic acids is 1. The number of halogens is 3. The molecule has 0 bridgehead atoms. The van der Waals surface area contributed by atoms with Crippen LogP contribution in [0.5, 0.6) is 5.75 Å². The van der Waals surface area contributed by atoms with Gasteiger partial charge < -0.3 is 14.7 Å². The number of fused-ring (bicyclic) bond motifs is 1. The lowest BCUT2D eigenvalue weighted by Crippen LogP contribution is -2.58. The van der Waals surface area contributed by atoms with Crippen LogP contribution in [0.3, 0.4) is 0 Å². The van der Waals surface area contributed by atoms with Gasteiger partial charge in [0.25, 0.3) is 0 Å². The first-order chi connectivity index (χ1) is 12.4. The minimum absolute atomic E-state index is 0.147. The van der Waals surface area contributed by atoms with E-state index in [2.05, 4.69) is 0 Å². The van der Waals surface area contributed by atoms with Crippen LogP contribution in [-0.2, 0) is 15.6 Å². The van der Waals surface area contributed by atoms with Crippen molar-refractivity contribution in [3.8, 4) is 5.75 Å². The highest BCUT2D eigenvalue weighted by Gasteiger charge is 2.48. The molecule has 1 amide bonds. The Morgan fingerprint density at radius 3 is 2.56 bits per heavy atom. The normalized spacial score (nSPS) is 27.1. The van der Waals surface area contributed by atoms with Gasteiger partial charge in [0.1, 0.15) is 17.5 Å². The lowest BCUT2D eigenvalue weighted by atomic mass is 9.85. The van der Waals surface area contributed by atoms with Crippen molar-refractivity contribution >= 4 is 16.7 Å². The zero-order valence-electron chi connectivity index (χ0n) is 15.1. The summed E-state index contributed by atoms with van der Waals surface area (Å²) in [6.07, 6.45) is -1.16. The average molecular weight is 406 g/mol. The van der Waals surface area contributed by atoms with E-state index >= 15 is 0 Å². The quantitative estimate of drug-likeness (QED) is 0.809. The molecule has 2 aliphatic heterocycles. The maximum Gasteiger partial charge on any atom is 0.475 e. The van der Waals surface area contributed by atoms with E-state index in [0.717, 1.165) is 12.1 Å². The van der Waals surface area contributed by atoms with Crippen molar-refractivity contribution in [2.75, 3.05) is 26.7 Å². The summed E-state index contributed by atoms with van der Waals surface area (Å²) in [5, 5.41) is 10.8. The standard InChI is InChI=1S/C17H21F3N2O4S/c1-16(2)15(24)14(22-7-6-21(3)9-13(22)23)11-8-10(4-5-12(11)26-16)27(25)17(18,19)20/h4-5,8,14-15,24H,6-7,9H2,1-3H3/t14-,15+,27?/m0/s1. The molecule has 3 rings (SSSR count). The van der Waals surface area contributed by atoms with Gasteiger partial charge in [-0.25, -0.2) is 4.21 Å². The molecule has 1 aromatic carbocycles. The summed E-state index contributed by atoms with van der Waals surface area (Å²) in [4.78, 5) is 15.4. The Morgan fingerprint density at radius 2 is 1.96 bits per heavy atom. The maximum atomic E-state index is 12.9. The Morgan fingerprint density at radius 1 is 1.30 bits per heavy atom. The van der Waals surface area contributed by atoms with Crippen molar-refractivity contribution in [3.63, 3.8) is 0 Å². The fourth-order valence-corrected chi connectivity index (χ4v) is 4.12. The van der Waals surface area contributed by atoms with Crippen LogP contribution < -0.4 is 4.74 Å². The minimum atomic E-state index is -4.90. The third-order valence-corrected chi connectivity index (χ3v) is 5.99. The molecule has 0 radical (unpaired) electrons.